The molecule has 3 nitrogen and oxygen atoms in total. The third kappa shape index (κ3) is 2.53. The Morgan fingerprint density at radius 3 is 2.52 bits per heavy atom. The van der Waals surface area contributed by atoms with E-state index in [1.54, 1.807) is 13.0 Å². The Kier molecular flexibility index (Phi) is 3.57. The SMILES string of the molecule is Cc1ccc(C2(C(F)(F)F)C=CC=C(C(N)=O)C2)c(N)c1. The summed E-state index contributed by atoms with van der Waals surface area (Å²) in [6, 6.07) is 4.40. The summed E-state index contributed by atoms with van der Waals surface area (Å²) in [6.45, 7) is 1.74. The van der Waals surface area contributed by atoms with Crippen molar-refractivity contribution >= 4 is 11.6 Å². The highest BCUT2D eigenvalue weighted by Crippen LogP contribution is 2.49. The first-order valence-electron chi connectivity index (χ1n) is 6.29. The number of amides is 1. The molecule has 4 N–H and O–H groups in total. The van der Waals surface area contributed by atoms with Gasteiger partial charge < -0.3 is 11.5 Å². The molecule has 0 saturated heterocycles. The first-order valence-corrected chi connectivity index (χ1v) is 6.29. The summed E-state index contributed by atoms with van der Waals surface area (Å²) in [5, 5.41) is 0. The van der Waals surface area contributed by atoms with E-state index in [0.29, 0.717) is 0 Å². The van der Waals surface area contributed by atoms with Crippen molar-refractivity contribution < 1.29 is 18.0 Å². The second kappa shape index (κ2) is 4.95. The monoisotopic (exact) mass is 296 g/mol. The number of hydrogen-bond acceptors (Lipinski definition) is 2. The van der Waals surface area contributed by atoms with Crippen molar-refractivity contribution in [3.05, 3.63) is 53.1 Å². The van der Waals surface area contributed by atoms with Gasteiger partial charge in [-0.25, -0.2) is 0 Å². The van der Waals surface area contributed by atoms with Gasteiger partial charge >= 0.3 is 6.18 Å². The number of allylic oxidation sites excluding steroid dienone is 3. The number of primary amides is 1. The summed E-state index contributed by atoms with van der Waals surface area (Å²) in [5.41, 5.74) is 9.26. The molecule has 21 heavy (non-hydrogen) atoms. The lowest BCUT2D eigenvalue weighted by Gasteiger charge is -2.36. The molecule has 2 rings (SSSR count). The number of aryl methyl sites for hydroxylation is 1. The van der Waals surface area contributed by atoms with E-state index in [0.717, 1.165) is 11.6 Å². The highest BCUT2D eigenvalue weighted by atomic mass is 19.4. The number of carbonyl (C=O) groups excluding carboxylic acids is 1. The number of benzene rings is 1. The van der Waals surface area contributed by atoms with E-state index in [1.807, 2.05) is 0 Å². The fourth-order valence-electron chi connectivity index (χ4n) is 2.54. The Balaban J connectivity index is 2.63. The van der Waals surface area contributed by atoms with Crippen LogP contribution in [-0.2, 0) is 10.2 Å². The molecule has 1 aromatic carbocycles. The summed E-state index contributed by atoms with van der Waals surface area (Å²) in [6.07, 6.45) is -1.61. The number of rotatable bonds is 2. The van der Waals surface area contributed by atoms with E-state index in [-0.39, 0.29) is 16.8 Å². The molecule has 0 saturated carbocycles. The molecule has 0 bridgehead atoms. The summed E-state index contributed by atoms with van der Waals surface area (Å²) in [5.74, 6) is -0.862. The molecule has 1 aromatic rings. The van der Waals surface area contributed by atoms with Gasteiger partial charge in [-0.2, -0.15) is 13.2 Å². The zero-order valence-corrected chi connectivity index (χ0v) is 11.4. The van der Waals surface area contributed by atoms with Gasteiger partial charge in [0.25, 0.3) is 0 Å². The van der Waals surface area contributed by atoms with Gasteiger partial charge in [0.2, 0.25) is 5.91 Å². The maximum Gasteiger partial charge on any atom is 0.402 e. The van der Waals surface area contributed by atoms with Gasteiger partial charge in [-0.05, 0) is 30.5 Å². The van der Waals surface area contributed by atoms with Crippen LogP contribution in [0.5, 0.6) is 0 Å². The fraction of sp³-hybridized carbons (Fsp3) is 0.267. The lowest BCUT2D eigenvalue weighted by Crippen LogP contribution is -2.43. The minimum Gasteiger partial charge on any atom is -0.398 e. The van der Waals surface area contributed by atoms with Crippen LogP contribution >= 0.6 is 0 Å². The van der Waals surface area contributed by atoms with Gasteiger partial charge in [0.05, 0.1) is 0 Å². The standard InChI is InChI=1S/C15H15F3N2O/c1-9-4-5-11(12(19)7-9)14(15(16,17)18)6-2-3-10(8-14)13(20)21/h2-7H,8,19H2,1H3,(H2,20,21). The number of nitrogen functional groups attached to an aromatic ring is 1. The largest absolute Gasteiger partial charge is 0.402 e. The average Bonchev–Trinajstić information content (AvgIpc) is 2.37. The van der Waals surface area contributed by atoms with E-state index < -0.39 is 23.9 Å². The highest BCUT2D eigenvalue weighted by molar-refractivity contribution is 5.93. The molecule has 0 heterocycles. The molecule has 112 valence electrons. The van der Waals surface area contributed by atoms with Gasteiger partial charge in [-0.3, -0.25) is 4.79 Å². The topological polar surface area (TPSA) is 69.1 Å². The molecule has 1 aliphatic rings. The molecule has 0 aromatic heterocycles. The van der Waals surface area contributed by atoms with Crippen LogP contribution < -0.4 is 11.5 Å². The summed E-state index contributed by atoms with van der Waals surface area (Å²) in [4.78, 5) is 11.3. The van der Waals surface area contributed by atoms with E-state index in [1.165, 1.54) is 24.3 Å². The summed E-state index contributed by atoms with van der Waals surface area (Å²) in [7, 11) is 0. The number of alkyl halides is 3. The normalized spacial score (nSPS) is 22.0. The molecular formula is C15H15F3N2O. The van der Waals surface area contributed by atoms with Gasteiger partial charge in [0.1, 0.15) is 5.41 Å². The minimum absolute atomic E-state index is 0.0442. The van der Waals surface area contributed by atoms with Crippen LogP contribution in [0.4, 0.5) is 18.9 Å². The number of carbonyl (C=O) groups is 1. The predicted octanol–water partition coefficient (Wildman–Crippen LogP) is 2.75. The Morgan fingerprint density at radius 1 is 1.33 bits per heavy atom. The number of hydrogen-bond donors (Lipinski definition) is 2. The van der Waals surface area contributed by atoms with E-state index in [4.69, 9.17) is 11.5 Å². The second-order valence-electron chi connectivity index (χ2n) is 5.15. The van der Waals surface area contributed by atoms with Crippen molar-refractivity contribution in [2.75, 3.05) is 5.73 Å². The van der Waals surface area contributed by atoms with Crippen molar-refractivity contribution in [2.45, 2.75) is 24.9 Å². The quantitative estimate of drug-likeness (QED) is 0.824. The van der Waals surface area contributed by atoms with Crippen molar-refractivity contribution in [2.24, 2.45) is 5.73 Å². The third-order valence-corrected chi connectivity index (χ3v) is 3.66. The number of anilines is 1. The van der Waals surface area contributed by atoms with Crippen molar-refractivity contribution in [3.63, 3.8) is 0 Å². The Hall–Kier alpha value is -2.24. The Morgan fingerprint density at radius 2 is 2.00 bits per heavy atom. The molecule has 1 aliphatic carbocycles. The predicted molar refractivity (Wildman–Crippen MR) is 74.4 cm³/mol. The van der Waals surface area contributed by atoms with E-state index in [9.17, 15) is 18.0 Å². The maximum atomic E-state index is 13.7. The zero-order valence-electron chi connectivity index (χ0n) is 11.4. The first kappa shape index (κ1) is 15.2. The average molecular weight is 296 g/mol. The molecular weight excluding hydrogens is 281 g/mol. The van der Waals surface area contributed by atoms with Crippen LogP contribution in [-0.4, -0.2) is 12.1 Å². The van der Waals surface area contributed by atoms with Crippen LogP contribution in [0.1, 0.15) is 17.5 Å². The third-order valence-electron chi connectivity index (χ3n) is 3.66. The van der Waals surface area contributed by atoms with Gasteiger partial charge in [-0.15, -0.1) is 0 Å². The van der Waals surface area contributed by atoms with Gasteiger partial charge in [0.15, 0.2) is 0 Å². The second-order valence-corrected chi connectivity index (χ2v) is 5.15. The van der Waals surface area contributed by atoms with E-state index >= 15 is 0 Å². The van der Waals surface area contributed by atoms with Gasteiger partial charge in [0, 0.05) is 11.3 Å². The van der Waals surface area contributed by atoms with Crippen molar-refractivity contribution in [1.82, 2.24) is 0 Å². The fourth-order valence-corrected chi connectivity index (χ4v) is 2.54. The number of nitrogens with two attached hydrogens (primary N) is 2. The van der Waals surface area contributed by atoms with Crippen LogP contribution in [0.3, 0.4) is 0 Å². The lowest BCUT2D eigenvalue weighted by atomic mass is 9.71. The first-order chi connectivity index (χ1) is 9.67. The van der Waals surface area contributed by atoms with Crippen molar-refractivity contribution in [3.8, 4) is 0 Å². The molecule has 0 aliphatic heterocycles. The van der Waals surface area contributed by atoms with Crippen LogP contribution in [0.15, 0.2) is 42.0 Å². The molecule has 0 spiro atoms. The molecule has 1 unspecified atom stereocenters. The number of halogens is 3. The Bertz CT molecular complexity index is 647. The maximum absolute atomic E-state index is 13.7. The minimum atomic E-state index is -4.60. The molecule has 6 heteroatoms. The molecule has 1 amide bonds. The summed E-state index contributed by atoms with van der Waals surface area (Å²) < 4.78 is 41.1. The Labute approximate surface area is 120 Å². The van der Waals surface area contributed by atoms with Crippen LogP contribution in [0.25, 0.3) is 0 Å². The van der Waals surface area contributed by atoms with E-state index in [2.05, 4.69) is 0 Å². The smallest absolute Gasteiger partial charge is 0.398 e. The zero-order chi connectivity index (χ0) is 15.8. The van der Waals surface area contributed by atoms with Crippen molar-refractivity contribution in [1.29, 1.82) is 0 Å². The molecule has 1 atom stereocenters. The molecule has 0 fully saturated rings. The lowest BCUT2D eigenvalue weighted by molar-refractivity contribution is -0.176. The highest BCUT2D eigenvalue weighted by Gasteiger charge is 2.56. The van der Waals surface area contributed by atoms with Gasteiger partial charge in [-0.1, -0.05) is 30.4 Å². The molecule has 0 radical (unpaired) electrons. The van der Waals surface area contributed by atoms with Crippen LogP contribution in [0.2, 0.25) is 0 Å². The summed E-state index contributed by atoms with van der Waals surface area (Å²) >= 11 is 0. The van der Waals surface area contributed by atoms with Crippen LogP contribution in [0, 0.1) is 6.92 Å².